The average molecular weight is 374 g/mol. The molecule has 7 heteroatoms. The molecular formula is C19H22N2O4S. The molecule has 0 fully saturated rings. The first kappa shape index (κ1) is 19.7. The summed E-state index contributed by atoms with van der Waals surface area (Å²) in [7, 11) is -3.66. The molecule has 2 N–H and O–H groups in total. The fourth-order valence-corrected chi connectivity index (χ4v) is 3.44. The van der Waals surface area contributed by atoms with Gasteiger partial charge >= 0.3 is 0 Å². The fourth-order valence-electron chi connectivity index (χ4n) is 2.21. The maximum Gasteiger partial charge on any atom is 0.258 e. The largest absolute Gasteiger partial charge is 0.484 e. The van der Waals surface area contributed by atoms with Crippen molar-refractivity contribution in [2.75, 3.05) is 13.2 Å². The number of sulfonamides is 1. The van der Waals surface area contributed by atoms with Crippen LogP contribution in [0.25, 0.3) is 0 Å². The van der Waals surface area contributed by atoms with E-state index in [-0.39, 0.29) is 23.5 Å². The van der Waals surface area contributed by atoms with Crippen LogP contribution >= 0.6 is 0 Å². The smallest absolute Gasteiger partial charge is 0.258 e. The van der Waals surface area contributed by atoms with Crippen molar-refractivity contribution >= 4 is 15.9 Å². The predicted molar refractivity (Wildman–Crippen MR) is 100 cm³/mol. The second-order valence-electron chi connectivity index (χ2n) is 5.61. The molecule has 0 aromatic heterocycles. The number of hydrogen-bond donors (Lipinski definition) is 2. The van der Waals surface area contributed by atoms with Crippen molar-refractivity contribution < 1.29 is 17.9 Å². The Morgan fingerprint density at radius 1 is 1.15 bits per heavy atom. The zero-order valence-corrected chi connectivity index (χ0v) is 15.3. The van der Waals surface area contributed by atoms with Crippen LogP contribution in [0, 0.1) is 0 Å². The molecule has 138 valence electrons. The van der Waals surface area contributed by atoms with Gasteiger partial charge in [-0.1, -0.05) is 36.4 Å². The molecule has 2 aromatic carbocycles. The Kier molecular flexibility index (Phi) is 6.94. The summed E-state index contributed by atoms with van der Waals surface area (Å²) in [4.78, 5) is 11.6. The highest BCUT2D eigenvalue weighted by Crippen LogP contribution is 2.19. The van der Waals surface area contributed by atoms with Crippen molar-refractivity contribution in [3.8, 4) is 5.75 Å². The normalized spacial score (nSPS) is 12.2. The maximum atomic E-state index is 12.5. The van der Waals surface area contributed by atoms with Crippen LogP contribution in [0.4, 0.5) is 0 Å². The van der Waals surface area contributed by atoms with Crippen molar-refractivity contribution in [2.24, 2.45) is 0 Å². The van der Waals surface area contributed by atoms with Gasteiger partial charge in [0.15, 0.2) is 6.61 Å². The first-order valence-electron chi connectivity index (χ1n) is 8.10. The van der Waals surface area contributed by atoms with Crippen LogP contribution in [-0.2, 0) is 14.8 Å². The molecule has 0 radical (unpaired) electrons. The molecule has 0 heterocycles. The number of rotatable bonds is 9. The van der Waals surface area contributed by atoms with Crippen LogP contribution in [0.2, 0.25) is 0 Å². The van der Waals surface area contributed by atoms with Crippen molar-refractivity contribution in [1.82, 2.24) is 10.0 Å². The van der Waals surface area contributed by atoms with Gasteiger partial charge in [0.25, 0.3) is 5.91 Å². The van der Waals surface area contributed by atoms with Crippen LogP contribution in [0.1, 0.15) is 18.5 Å². The van der Waals surface area contributed by atoms with Gasteiger partial charge in [0, 0.05) is 12.6 Å². The van der Waals surface area contributed by atoms with E-state index in [1.165, 1.54) is 24.3 Å². The second kappa shape index (κ2) is 9.17. The quantitative estimate of drug-likeness (QED) is 0.660. The first-order valence-corrected chi connectivity index (χ1v) is 9.58. The van der Waals surface area contributed by atoms with E-state index in [0.29, 0.717) is 12.3 Å². The third-order valence-corrected chi connectivity index (χ3v) is 5.14. The van der Waals surface area contributed by atoms with Crippen LogP contribution in [0.3, 0.4) is 0 Å². The van der Waals surface area contributed by atoms with Crippen molar-refractivity contribution in [3.05, 3.63) is 72.8 Å². The number of benzene rings is 2. The Bertz CT molecular complexity index is 834. The van der Waals surface area contributed by atoms with Gasteiger partial charge in [-0.2, -0.15) is 0 Å². The Morgan fingerprint density at radius 3 is 2.42 bits per heavy atom. The molecule has 26 heavy (non-hydrogen) atoms. The molecule has 0 unspecified atom stereocenters. The summed E-state index contributed by atoms with van der Waals surface area (Å²) in [5.41, 5.74) is 0.876. The minimum Gasteiger partial charge on any atom is -0.484 e. The lowest BCUT2D eigenvalue weighted by atomic mass is 10.1. The molecular weight excluding hydrogens is 352 g/mol. The van der Waals surface area contributed by atoms with Crippen LogP contribution < -0.4 is 14.8 Å². The lowest BCUT2D eigenvalue weighted by Gasteiger charge is -2.15. The van der Waals surface area contributed by atoms with E-state index in [0.717, 1.165) is 5.56 Å². The molecule has 0 aliphatic carbocycles. The van der Waals surface area contributed by atoms with Crippen LogP contribution in [0.15, 0.2) is 72.1 Å². The van der Waals surface area contributed by atoms with E-state index in [1.807, 2.05) is 30.3 Å². The van der Waals surface area contributed by atoms with Gasteiger partial charge in [0.2, 0.25) is 10.0 Å². The highest BCUT2D eigenvalue weighted by molar-refractivity contribution is 7.89. The zero-order valence-electron chi connectivity index (χ0n) is 14.5. The summed E-state index contributed by atoms with van der Waals surface area (Å²) in [6.07, 6.45) is 1.57. The van der Waals surface area contributed by atoms with E-state index >= 15 is 0 Å². The summed E-state index contributed by atoms with van der Waals surface area (Å²) < 4.78 is 32.9. The second-order valence-corrected chi connectivity index (χ2v) is 7.32. The van der Waals surface area contributed by atoms with Gasteiger partial charge in [0.1, 0.15) is 5.75 Å². The molecule has 0 saturated heterocycles. The fraction of sp³-hybridized carbons (Fsp3) is 0.211. The van der Waals surface area contributed by atoms with Gasteiger partial charge in [-0.05, 0) is 36.8 Å². The molecule has 0 aliphatic heterocycles. The van der Waals surface area contributed by atoms with Gasteiger partial charge in [-0.15, -0.1) is 6.58 Å². The SMILES string of the molecule is C=CCNC(=O)COc1ccc(S(=O)(=O)N[C@@H](C)c2ccccc2)cc1. The lowest BCUT2D eigenvalue weighted by Crippen LogP contribution is -2.28. The number of carbonyl (C=O) groups is 1. The molecule has 0 aliphatic rings. The molecule has 2 rings (SSSR count). The molecule has 0 spiro atoms. The van der Waals surface area contributed by atoms with Gasteiger partial charge < -0.3 is 10.1 Å². The summed E-state index contributed by atoms with van der Waals surface area (Å²) >= 11 is 0. The van der Waals surface area contributed by atoms with Gasteiger partial charge in [-0.3, -0.25) is 4.79 Å². The Labute approximate surface area is 153 Å². The van der Waals surface area contributed by atoms with E-state index in [1.54, 1.807) is 13.0 Å². The summed E-state index contributed by atoms with van der Waals surface area (Å²) in [5, 5.41) is 2.59. The first-order chi connectivity index (χ1) is 12.4. The topological polar surface area (TPSA) is 84.5 Å². The van der Waals surface area contributed by atoms with Crippen LogP contribution in [-0.4, -0.2) is 27.5 Å². The minimum absolute atomic E-state index is 0.128. The van der Waals surface area contributed by atoms with E-state index in [2.05, 4.69) is 16.6 Å². The Balaban J connectivity index is 1.97. The minimum atomic E-state index is -3.66. The third-order valence-electron chi connectivity index (χ3n) is 3.58. The lowest BCUT2D eigenvalue weighted by molar-refractivity contribution is -0.122. The Morgan fingerprint density at radius 2 is 1.81 bits per heavy atom. The molecule has 6 nitrogen and oxygen atoms in total. The monoisotopic (exact) mass is 374 g/mol. The number of amides is 1. The summed E-state index contributed by atoms with van der Waals surface area (Å²) in [5.74, 6) is 0.133. The Hall–Kier alpha value is -2.64. The van der Waals surface area contributed by atoms with Gasteiger partial charge in [-0.25, -0.2) is 13.1 Å². The molecule has 1 atom stereocenters. The molecule has 2 aromatic rings. The summed E-state index contributed by atoms with van der Waals surface area (Å²) in [6, 6.07) is 14.9. The highest BCUT2D eigenvalue weighted by atomic mass is 32.2. The van der Waals surface area contributed by atoms with Crippen LogP contribution in [0.5, 0.6) is 5.75 Å². The molecule has 0 bridgehead atoms. The predicted octanol–water partition coefficient (Wildman–Crippen LogP) is 2.41. The number of hydrogen-bond acceptors (Lipinski definition) is 4. The van der Waals surface area contributed by atoms with Crippen molar-refractivity contribution in [2.45, 2.75) is 17.9 Å². The zero-order chi connectivity index (χ0) is 19.0. The number of carbonyl (C=O) groups excluding carboxylic acids is 1. The maximum absolute atomic E-state index is 12.5. The van der Waals surface area contributed by atoms with Gasteiger partial charge in [0.05, 0.1) is 4.90 Å². The van der Waals surface area contributed by atoms with E-state index in [9.17, 15) is 13.2 Å². The van der Waals surface area contributed by atoms with E-state index < -0.39 is 10.0 Å². The summed E-state index contributed by atoms with van der Waals surface area (Å²) in [6.45, 7) is 5.51. The average Bonchev–Trinajstić information content (AvgIpc) is 2.65. The van der Waals surface area contributed by atoms with Crippen molar-refractivity contribution in [1.29, 1.82) is 0 Å². The standard InChI is InChI=1S/C19H22N2O4S/c1-3-13-20-19(22)14-25-17-9-11-18(12-10-17)26(23,24)21-15(2)16-7-5-4-6-8-16/h3-12,15,21H,1,13-14H2,2H3,(H,20,22)/t15-/m0/s1. The molecule has 0 saturated carbocycles. The third kappa shape index (κ3) is 5.72. The number of nitrogens with one attached hydrogen (secondary N) is 2. The van der Waals surface area contributed by atoms with Crippen molar-refractivity contribution in [3.63, 3.8) is 0 Å². The van der Waals surface area contributed by atoms with E-state index in [4.69, 9.17) is 4.74 Å². The highest BCUT2D eigenvalue weighted by Gasteiger charge is 2.18. The number of ether oxygens (including phenoxy) is 1. The molecule has 1 amide bonds.